The first-order valence-electron chi connectivity index (χ1n) is 7.31. The summed E-state index contributed by atoms with van der Waals surface area (Å²) in [5, 5.41) is 0. The van der Waals surface area contributed by atoms with Gasteiger partial charge in [-0.05, 0) is 42.9 Å². The van der Waals surface area contributed by atoms with Crippen molar-refractivity contribution in [3.05, 3.63) is 29.8 Å². The van der Waals surface area contributed by atoms with Crippen LogP contribution in [0.1, 0.15) is 44.6 Å². The first-order chi connectivity index (χ1) is 9.45. The molecule has 0 bridgehead atoms. The molecule has 1 unspecified atom stereocenters. The van der Waals surface area contributed by atoms with Gasteiger partial charge in [-0.3, -0.25) is 0 Å². The second kappa shape index (κ2) is 6.24. The summed E-state index contributed by atoms with van der Waals surface area (Å²) in [6.07, 6.45) is 2.79. The molecule has 1 aliphatic rings. The topological polar surface area (TPSA) is 63.4 Å². The van der Waals surface area contributed by atoms with Gasteiger partial charge in [-0.1, -0.05) is 26.0 Å². The molecule has 2 atom stereocenters. The number of piperidine rings is 1. The van der Waals surface area contributed by atoms with Crippen LogP contribution < -0.4 is 5.73 Å². The third-order valence-corrected chi connectivity index (χ3v) is 6.00. The van der Waals surface area contributed by atoms with Gasteiger partial charge in [0.15, 0.2) is 0 Å². The zero-order chi connectivity index (χ0) is 14.8. The molecule has 5 heteroatoms. The van der Waals surface area contributed by atoms with Gasteiger partial charge in [0.25, 0.3) is 0 Å². The molecule has 0 amide bonds. The quantitative estimate of drug-likeness (QED) is 0.927. The van der Waals surface area contributed by atoms with Gasteiger partial charge >= 0.3 is 0 Å². The van der Waals surface area contributed by atoms with Crippen LogP contribution in [-0.2, 0) is 10.0 Å². The smallest absolute Gasteiger partial charge is 0.243 e. The Morgan fingerprint density at radius 1 is 1.35 bits per heavy atom. The van der Waals surface area contributed by atoms with Gasteiger partial charge in [0, 0.05) is 19.1 Å². The summed E-state index contributed by atoms with van der Waals surface area (Å²) >= 11 is 0. The maximum Gasteiger partial charge on any atom is 0.243 e. The third kappa shape index (κ3) is 3.22. The Bertz CT molecular complexity index is 539. The number of nitrogens with zero attached hydrogens (tertiary/aromatic N) is 1. The molecule has 1 fully saturated rings. The van der Waals surface area contributed by atoms with E-state index in [9.17, 15) is 8.42 Å². The average molecular weight is 296 g/mol. The molecule has 112 valence electrons. The zero-order valence-electron chi connectivity index (χ0n) is 12.2. The molecular formula is C15H24N2O2S. The Morgan fingerprint density at radius 2 is 2.00 bits per heavy atom. The number of rotatable bonds is 4. The van der Waals surface area contributed by atoms with Crippen molar-refractivity contribution in [2.24, 2.45) is 5.73 Å². The number of sulfonamides is 1. The van der Waals surface area contributed by atoms with Crippen LogP contribution in [0.5, 0.6) is 0 Å². The normalized spacial score (nSPS) is 22.6. The van der Waals surface area contributed by atoms with Crippen molar-refractivity contribution < 1.29 is 8.42 Å². The second-order valence-corrected chi connectivity index (χ2v) is 7.58. The molecule has 2 rings (SSSR count). The van der Waals surface area contributed by atoms with Crippen molar-refractivity contribution in [3.8, 4) is 0 Å². The van der Waals surface area contributed by atoms with E-state index in [4.69, 9.17) is 5.73 Å². The minimum Gasteiger partial charge on any atom is -0.327 e. The van der Waals surface area contributed by atoms with Crippen molar-refractivity contribution in [2.75, 3.05) is 13.1 Å². The Hall–Kier alpha value is -0.910. The number of nitrogens with two attached hydrogens (primary N) is 1. The fourth-order valence-corrected chi connectivity index (χ4v) is 4.08. The van der Waals surface area contributed by atoms with Crippen LogP contribution in [0, 0.1) is 0 Å². The van der Waals surface area contributed by atoms with Crippen molar-refractivity contribution in [1.82, 2.24) is 4.31 Å². The fraction of sp³-hybridized carbons (Fsp3) is 0.600. The van der Waals surface area contributed by atoms with Gasteiger partial charge in [0.05, 0.1) is 4.90 Å². The molecule has 0 saturated carbocycles. The highest BCUT2D eigenvalue weighted by Crippen LogP contribution is 2.23. The molecule has 0 spiro atoms. The molecule has 1 aliphatic heterocycles. The van der Waals surface area contributed by atoms with Crippen LogP contribution in [0.2, 0.25) is 0 Å². The third-order valence-electron chi connectivity index (χ3n) is 4.12. The molecular weight excluding hydrogens is 272 g/mol. The van der Waals surface area contributed by atoms with E-state index in [1.165, 1.54) is 9.87 Å². The van der Waals surface area contributed by atoms with Crippen LogP contribution in [0.3, 0.4) is 0 Å². The standard InChI is InChI=1S/C15H24N2O2S/c1-3-12(2)13-6-8-15(9-7-13)20(18,19)17-10-4-5-14(16)11-17/h6-9,12,14H,3-5,10-11,16H2,1-2H3/t12?,14-/m1/s1. The SMILES string of the molecule is CCC(C)c1ccc(S(=O)(=O)N2CCC[C@@H](N)C2)cc1. The largest absolute Gasteiger partial charge is 0.327 e. The van der Waals surface area contributed by atoms with Crippen LogP contribution in [-0.4, -0.2) is 31.9 Å². The van der Waals surface area contributed by atoms with E-state index < -0.39 is 10.0 Å². The molecule has 2 N–H and O–H groups in total. The first kappa shape index (κ1) is 15.5. The highest BCUT2D eigenvalue weighted by molar-refractivity contribution is 7.89. The minimum atomic E-state index is -3.39. The van der Waals surface area contributed by atoms with E-state index in [0.29, 0.717) is 23.9 Å². The van der Waals surface area contributed by atoms with E-state index in [1.807, 2.05) is 12.1 Å². The van der Waals surface area contributed by atoms with Gasteiger partial charge in [-0.25, -0.2) is 8.42 Å². The molecule has 1 heterocycles. The van der Waals surface area contributed by atoms with Crippen molar-refractivity contribution >= 4 is 10.0 Å². The summed E-state index contributed by atoms with van der Waals surface area (Å²) in [5.74, 6) is 0.454. The van der Waals surface area contributed by atoms with E-state index >= 15 is 0 Å². The maximum absolute atomic E-state index is 12.6. The first-order valence-corrected chi connectivity index (χ1v) is 8.75. The highest BCUT2D eigenvalue weighted by Gasteiger charge is 2.28. The van der Waals surface area contributed by atoms with Gasteiger partial charge in [0.2, 0.25) is 10.0 Å². The molecule has 4 nitrogen and oxygen atoms in total. The number of hydrogen-bond acceptors (Lipinski definition) is 3. The lowest BCUT2D eigenvalue weighted by Crippen LogP contribution is -2.45. The molecule has 0 radical (unpaired) electrons. The van der Waals surface area contributed by atoms with Crippen LogP contribution in [0.25, 0.3) is 0 Å². The van der Waals surface area contributed by atoms with Gasteiger partial charge in [-0.15, -0.1) is 0 Å². The molecule has 1 aromatic rings. The summed E-state index contributed by atoms with van der Waals surface area (Å²) in [5.41, 5.74) is 7.06. The van der Waals surface area contributed by atoms with E-state index in [0.717, 1.165) is 19.3 Å². The van der Waals surface area contributed by atoms with Crippen molar-refractivity contribution in [2.45, 2.75) is 50.0 Å². The van der Waals surface area contributed by atoms with Crippen molar-refractivity contribution in [3.63, 3.8) is 0 Å². The Kier molecular flexibility index (Phi) is 4.83. The number of hydrogen-bond donors (Lipinski definition) is 1. The summed E-state index contributed by atoms with van der Waals surface area (Å²) in [6, 6.07) is 7.24. The molecule has 20 heavy (non-hydrogen) atoms. The second-order valence-electron chi connectivity index (χ2n) is 5.64. The lowest BCUT2D eigenvalue weighted by atomic mass is 9.99. The van der Waals surface area contributed by atoms with E-state index in [1.54, 1.807) is 12.1 Å². The summed E-state index contributed by atoms with van der Waals surface area (Å²) in [6.45, 7) is 5.27. The predicted molar refractivity (Wildman–Crippen MR) is 81.1 cm³/mol. The molecule has 0 aromatic heterocycles. The van der Waals surface area contributed by atoms with Gasteiger partial charge < -0.3 is 5.73 Å². The lowest BCUT2D eigenvalue weighted by molar-refractivity contribution is 0.316. The van der Waals surface area contributed by atoms with Crippen molar-refractivity contribution in [1.29, 1.82) is 0 Å². The lowest BCUT2D eigenvalue weighted by Gasteiger charge is -2.29. The van der Waals surface area contributed by atoms with E-state index in [2.05, 4.69) is 13.8 Å². The highest BCUT2D eigenvalue weighted by atomic mass is 32.2. The average Bonchev–Trinajstić information content (AvgIpc) is 2.46. The van der Waals surface area contributed by atoms with E-state index in [-0.39, 0.29) is 6.04 Å². The molecule has 0 aliphatic carbocycles. The van der Waals surface area contributed by atoms with Gasteiger partial charge in [-0.2, -0.15) is 4.31 Å². The summed E-state index contributed by atoms with van der Waals surface area (Å²) in [7, 11) is -3.39. The minimum absolute atomic E-state index is 0.0436. The van der Waals surface area contributed by atoms with Crippen LogP contribution in [0.15, 0.2) is 29.2 Å². The Balaban J connectivity index is 2.21. The van der Waals surface area contributed by atoms with Gasteiger partial charge in [0.1, 0.15) is 0 Å². The van der Waals surface area contributed by atoms with Crippen LogP contribution in [0.4, 0.5) is 0 Å². The predicted octanol–water partition coefficient (Wildman–Crippen LogP) is 2.31. The Labute approximate surface area is 122 Å². The fourth-order valence-electron chi connectivity index (χ4n) is 2.55. The monoisotopic (exact) mass is 296 g/mol. The summed E-state index contributed by atoms with van der Waals surface area (Å²) in [4.78, 5) is 0.374. The Morgan fingerprint density at radius 3 is 2.55 bits per heavy atom. The van der Waals surface area contributed by atoms with Crippen LogP contribution >= 0.6 is 0 Å². The molecule has 1 saturated heterocycles. The zero-order valence-corrected chi connectivity index (χ0v) is 13.1. The summed E-state index contributed by atoms with van der Waals surface area (Å²) < 4.78 is 26.6. The number of benzene rings is 1. The molecule has 1 aromatic carbocycles. The maximum atomic E-state index is 12.6.